The summed E-state index contributed by atoms with van der Waals surface area (Å²) in [6.07, 6.45) is 0. The first kappa shape index (κ1) is 17.7. The lowest BCUT2D eigenvalue weighted by molar-refractivity contribution is 0.0984. The van der Waals surface area contributed by atoms with Crippen molar-refractivity contribution in [1.29, 1.82) is 0 Å². The van der Waals surface area contributed by atoms with Gasteiger partial charge in [0, 0.05) is 24.4 Å². The highest BCUT2D eigenvalue weighted by molar-refractivity contribution is 6.08. The second-order valence-electron chi connectivity index (χ2n) is 5.24. The normalized spacial score (nSPS) is 10.2. The SMILES string of the molecule is CCN(C(=O)c1cc(OC)c(OC)cc1OC)c1ccccc1C. The first-order chi connectivity index (χ1) is 11.6. The van der Waals surface area contributed by atoms with Crippen molar-refractivity contribution in [2.75, 3.05) is 32.8 Å². The number of hydrogen-bond acceptors (Lipinski definition) is 4. The van der Waals surface area contributed by atoms with Gasteiger partial charge in [-0.25, -0.2) is 0 Å². The van der Waals surface area contributed by atoms with E-state index in [1.807, 2.05) is 38.1 Å². The quantitative estimate of drug-likeness (QED) is 0.811. The third kappa shape index (κ3) is 3.30. The van der Waals surface area contributed by atoms with Crippen LogP contribution in [-0.2, 0) is 0 Å². The van der Waals surface area contributed by atoms with Gasteiger partial charge >= 0.3 is 0 Å². The fourth-order valence-electron chi connectivity index (χ4n) is 2.63. The number of carbonyl (C=O) groups is 1. The summed E-state index contributed by atoms with van der Waals surface area (Å²) in [6.45, 7) is 4.47. The van der Waals surface area contributed by atoms with Gasteiger partial charge in [-0.1, -0.05) is 18.2 Å². The van der Waals surface area contributed by atoms with Crippen LogP contribution in [0.3, 0.4) is 0 Å². The first-order valence-corrected chi connectivity index (χ1v) is 7.74. The number of nitrogens with zero attached hydrogens (tertiary/aromatic N) is 1. The Balaban J connectivity index is 2.53. The lowest BCUT2D eigenvalue weighted by Gasteiger charge is -2.24. The van der Waals surface area contributed by atoms with Crippen LogP contribution in [0.1, 0.15) is 22.8 Å². The smallest absolute Gasteiger partial charge is 0.262 e. The van der Waals surface area contributed by atoms with E-state index in [2.05, 4.69) is 0 Å². The van der Waals surface area contributed by atoms with Crippen molar-refractivity contribution in [3.8, 4) is 17.2 Å². The Morgan fingerprint density at radius 1 is 0.958 bits per heavy atom. The van der Waals surface area contributed by atoms with Gasteiger partial charge in [0.15, 0.2) is 11.5 Å². The van der Waals surface area contributed by atoms with Crippen LogP contribution in [0.5, 0.6) is 17.2 Å². The molecule has 24 heavy (non-hydrogen) atoms. The van der Waals surface area contributed by atoms with Crippen molar-refractivity contribution in [2.24, 2.45) is 0 Å². The average Bonchev–Trinajstić information content (AvgIpc) is 2.62. The van der Waals surface area contributed by atoms with E-state index in [-0.39, 0.29) is 5.91 Å². The Labute approximate surface area is 142 Å². The molecule has 0 aliphatic heterocycles. The molecule has 0 heterocycles. The highest BCUT2D eigenvalue weighted by atomic mass is 16.5. The number of carbonyl (C=O) groups excluding carboxylic acids is 1. The highest BCUT2D eigenvalue weighted by Gasteiger charge is 2.23. The van der Waals surface area contributed by atoms with E-state index in [4.69, 9.17) is 14.2 Å². The molecule has 0 fully saturated rings. The molecular formula is C19H23NO4. The van der Waals surface area contributed by atoms with Gasteiger partial charge in [-0.3, -0.25) is 4.79 Å². The zero-order chi connectivity index (χ0) is 17.7. The van der Waals surface area contributed by atoms with Crippen molar-refractivity contribution < 1.29 is 19.0 Å². The monoisotopic (exact) mass is 329 g/mol. The topological polar surface area (TPSA) is 48.0 Å². The number of amides is 1. The zero-order valence-corrected chi connectivity index (χ0v) is 14.8. The van der Waals surface area contributed by atoms with E-state index in [1.165, 1.54) is 14.2 Å². The Hall–Kier alpha value is -2.69. The summed E-state index contributed by atoms with van der Waals surface area (Å²) in [5.74, 6) is 1.31. The Bertz CT molecular complexity index is 727. The third-order valence-corrected chi connectivity index (χ3v) is 3.90. The average molecular weight is 329 g/mol. The Morgan fingerprint density at radius 3 is 2.08 bits per heavy atom. The fourth-order valence-corrected chi connectivity index (χ4v) is 2.63. The van der Waals surface area contributed by atoms with Gasteiger partial charge in [-0.15, -0.1) is 0 Å². The largest absolute Gasteiger partial charge is 0.496 e. The molecule has 0 bridgehead atoms. The van der Waals surface area contributed by atoms with Gasteiger partial charge < -0.3 is 19.1 Å². The van der Waals surface area contributed by atoms with Crippen molar-refractivity contribution >= 4 is 11.6 Å². The number of aryl methyl sites for hydroxylation is 1. The van der Waals surface area contributed by atoms with Crippen molar-refractivity contribution in [3.63, 3.8) is 0 Å². The molecule has 1 amide bonds. The van der Waals surface area contributed by atoms with Crippen LogP contribution < -0.4 is 19.1 Å². The van der Waals surface area contributed by atoms with E-state index in [1.54, 1.807) is 24.1 Å². The van der Waals surface area contributed by atoms with Gasteiger partial charge in [0.2, 0.25) is 0 Å². The second kappa shape index (κ2) is 7.73. The Morgan fingerprint density at radius 2 is 1.54 bits per heavy atom. The molecular weight excluding hydrogens is 306 g/mol. The van der Waals surface area contributed by atoms with E-state index < -0.39 is 0 Å². The molecule has 0 saturated heterocycles. The molecule has 0 atom stereocenters. The lowest BCUT2D eigenvalue weighted by Crippen LogP contribution is -2.31. The second-order valence-corrected chi connectivity index (χ2v) is 5.24. The minimum Gasteiger partial charge on any atom is -0.496 e. The molecule has 0 aliphatic carbocycles. The summed E-state index contributed by atoms with van der Waals surface area (Å²) in [5.41, 5.74) is 2.34. The predicted octanol–water partition coefficient (Wildman–Crippen LogP) is 3.69. The van der Waals surface area contributed by atoms with Crippen LogP contribution in [0, 0.1) is 6.92 Å². The molecule has 0 spiro atoms. The number of para-hydroxylation sites is 1. The molecule has 0 aromatic heterocycles. The maximum absolute atomic E-state index is 13.1. The fraction of sp³-hybridized carbons (Fsp3) is 0.316. The van der Waals surface area contributed by atoms with E-state index in [9.17, 15) is 4.79 Å². The minimum atomic E-state index is -0.149. The number of benzene rings is 2. The predicted molar refractivity (Wildman–Crippen MR) is 94.6 cm³/mol. The van der Waals surface area contributed by atoms with E-state index in [0.29, 0.717) is 29.4 Å². The van der Waals surface area contributed by atoms with Crippen LogP contribution >= 0.6 is 0 Å². The maximum Gasteiger partial charge on any atom is 0.262 e. The summed E-state index contributed by atoms with van der Waals surface area (Å²) in [4.78, 5) is 14.8. The summed E-state index contributed by atoms with van der Waals surface area (Å²) in [7, 11) is 4.62. The molecule has 128 valence electrons. The summed E-state index contributed by atoms with van der Waals surface area (Å²) >= 11 is 0. The standard InChI is InChI=1S/C19H23NO4/c1-6-20(15-10-8-7-9-13(15)2)19(21)14-11-17(23-4)18(24-5)12-16(14)22-3/h7-12H,6H2,1-5H3. The van der Waals surface area contributed by atoms with Crippen LogP contribution in [0.15, 0.2) is 36.4 Å². The van der Waals surface area contributed by atoms with Crippen LogP contribution in [-0.4, -0.2) is 33.8 Å². The Kier molecular flexibility index (Phi) is 5.68. The molecule has 0 saturated carbocycles. The number of ether oxygens (including phenoxy) is 3. The maximum atomic E-state index is 13.1. The lowest BCUT2D eigenvalue weighted by atomic mass is 10.1. The number of rotatable bonds is 6. The molecule has 2 rings (SSSR count). The van der Waals surface area contributed by atoms with Crippen LogP contribution in [0.2, 0.25) is 0 Å². The molecule has 0 radical (unpaired) electrons. The first-order valence-electron chi connectivity index (χ1n) is 7.74. The van der Waals surface area contributed by atoms with Gasteiger partial charge in [-0.2, -0.15) is 0 Å². The number of hydrogen-bond donors (Lipinski definition) is 0. The van der Waals surface area contributed by atoms with Gasteiger partial charge in [-0.05, 0) is 25.5 Å². The van der Waals surface area contributed by atoms with Crippen molar-refractivity contribution in [3.05, 3.63) is 47.5 Å². The summed E-state index contributed by atoms with van der Waals surface area (Å²) in [6, 6.07) is 11.1. The number of anilines is 1. The molecule has 0 aliphatic rings. The van der Waals surface area contributed by atoms with Crippen LogP contribution in [0.4, 0.5) is 5.69 Å². The molecule has 2 aromatic carbocycles. The van der Waals surface area contributed by atoms with Gasteiger partial charge in [0.1, 0.15) is 5.75 Å². The highest BCUT2D eigenvalue weighted by Crippen LogP contribution is 2.36. The van der Waals surface area contributed by atoms with Gasteiger partial charge in [0.05, 0.1) is 26.9 Å². The summed E-state index contributed by atoms with van der Waals surface area (Å²) < 4.78 is 16.0. The molecule has 0 unspecified atom stereocenters. The third-order valence-electron chi connectivity index (χ3n) is 3.90. The zero-order valence-electron chi connectivity index (χ0n) is 14.8. The number of methoxy groups -OCH3 is 3. The van der Waals surface area contributed by atoms with Crippen molar-refractivity contribution in [1.82, 2.24) is 0 Å². The van der Waals surface area contributed by atoms with Crippen LogP contribution in [0.25, 0.3) is 0 Å². The minimum absolute atomic E-state index is 0.149. The molecule has 0 N–H and O–H groups in total. The van der Waals surface area contributed by atoms with E-state index >= 15 is 0 Å². The molecule has 5 nitrogen and oxygen atoms in total. The molecule has 2 aromatic rings. The summed E-state index contributed by atoms with van der Waals surface area (Å²) in [5, 5.41) is 0. The van der Waals surface area contributed by atoms with Crippen molar-refractivity contribution in [2.45, 2.75) is 13.8 Å². The van der Waals surface area contributed by atoms with E-state index in [0.717, 1.165) is 11.3 Å². The molecule has 5 heteroatoms. The van der Waals surface area contributed by atoms with Gasteiger partial charge in [0.25, 0.3) is 5.91 Å².